The van der Waals surface area contributed by atoms with Crippen LogP contribution in [-0.4, -0.2) is 33.2 Å². The Morgan fingerprint density at radius 3 is 0.757 bits per heavy atom. The second-order valence-electron chi connectivity index (χ2n) is 12.0. The molecule has 0 aliphatic rings. The van der Waals surface area contributed by atoms with E-state index in [1.54, 1.807) is 41.5 Å². The molecule has 7 heteroatoms. The number of carboxylic acids is 3. The molecule has 0 aromatic heterocycles. The number of carboxylic acid groups (broad SMARTS) is 3. The molecule has 0 amide bonds. The van der Waals surface area contributed by atoms with Crippen LogP contribution in [0.3, 0.4) is 0 Å². The Balaban J connectivity index is -0.000000218. The van der Waals surface area contributed by atoms with E-state index in [-0.39, 0.29) is 32.7 Å². The second-order valence-corrected chi connectivity index (χ2v) is 12.0. The average Bonchev–Trinajstić information content (AvgIpc) is 2.78. The Morgan fingerprint density at radius 2 is 0.622 bits per heavy atom. The molecule has 0 saturated carbocycles. The number of unbranched alkanes of at least 4 members (excludes halogenated alkanes) is 9. The first-order valence-corrected chi connectivity index (χ1v) is 14.2. The SMILES string of the molecule is CCCCCCC(C)(C)C(=O)O.CCCCCCC(C)(C)C(=O)O.CCCCCCC(C)(C)C(=O)O.[Y]. The van der Waals surface area contributed by atoms with Crippen LogP contribution in [0.2, 0.25) is 0 Å². The summed E-state index contributed by atoms with van der Waals surface area (Å²) >= 11 is 0. The molecule has 0 fully saturated rings. The topological polar surface area (TPSA) is 112 Å². The fourth-order valence-electron chi connectivity index (χ4n) is 3.30. The summed E-state index contributed by atoms with van der Waals surface area (Å²) in [6.07, 6.45) is 16.2. The van der Waals surface area contributed by atoms with Crippen molar-refractivity contribution in [3.8, 4) is 0 Å². The van der Waals surface area contributed by atoms with Crippen molar-refractivity contribution in [3.05, 3.63) is 0 Å². The Kier molecular flexibility index (Phi) is 28.9. The predicted molar refractivity (Wildman–Crippen MR) is 151 cm³/mol. The predicted octanol–water partition coefficient (Wildman–Crippen LogP) is 9.20. The number of hydrogen-bond donors (Lipinski definition) is 3. The van der Waals surface area contributed by atoms with Gasteiger partial charge in [-0.1, -0.05) is 97.8 Å². The van der Waals surface area contributed by atoms with Crippen LogP contribution >= 0.6 is 0 Å². The maximum absolute atomic E-state index is 10.7. The molecule has 0 atom stereocenters. The fraction of sp³-hybridized carbons (Fsp3) is 0.900. The maximum atomic E-state index is 10.7. The summed E-state index contributed by atoms with van der Waals surface area (Å²) in [6.45, 7) is 17.2. The molecule has 3 N–H and O–H groups in total. The minimum atomic E-state index is -0.681. The molecule has 0 aromatic rings. The third-order valence-corrected chi connectivity index (χ3v) is 6.70. The number of hydrogen-bond acceptors (Lipinski definition) is 3. The van der Waals surface area contributed by atoms with Crippen LogP contribution in [-0.2, 0) is 47.1 Å². The number of rotatable bonds is 18. The van der Waals surface area contributed by atoms with E-state index in [1.807, 2.05) is 0 Å². The molecule has 0 aliphatic heterocycles. The van der Waals surface area contributed by atoms with Crippen LogP contribution in [0.5, 0.6) is 0 Å². The first-order chi connectivity index (χ1) is 16.5. The zero-order valence-corrected chi connectivity index (χ0v) is 28.6. The first-order valence-electron chi connectivity index (χ1n) is 14.2. The van der Waals surface area contributed by atoms with Gasteiger partial charge < -0.3 is 15.3 Å². The zero-order chi connectivity index (χ0) is 28.8. The molecule has 6 nitrogen and oxygen atoms in total. The molecular formula is C30H60O6Y. The van der Waals surface area contributed by atoms with E-state index in [2.05, 4.69) is 20.8 Å². The van der Waals surface area contributed by atoms with E-state index in [0.29, 0.717) is 0 Å². The van der Waals surface area contributed by atoms with Gasteiger partial charge in [0.1, 0.15) is 0 Å². The van der Waals surface area contributed by atoms with Crippen molar-refractivity contribution in [2.24, 2.45) is 16.2 Å². The normalized spacial score (nSPS) is 11.3. The van der Waals surface area contributed by atoms with Crippen LogP contribution in [0.25, 0.3) is 0 Å². The third kappa shape index (κ3) is 26.9. The van der Waals surface area contributed by atoms with Crippen molar-refractivity contribution in [2.75, 3.05) is 0 Å². The molecule has 0 aliphatic carbocycles. The summed E-state index contributed by atoms with van der Waals surface area (Å²) in [7, 11) is 0. The van der Waals surface area contributed by atoms with E-state index in [4.69, 9.17) is 15.3 Å². The fourth-order valence-corrected chi connectivity index (χ4v) is 3.30. The largest absolute Gasteiger partial charge is 0.481 e. The van der Waals surface area contributed by atoms with Gasteiger partial charge in [-0.05, 0) is 60.8 Å². The standard InChI is InChI=1S/3C10H20O2.Y/c3*1-4-5-6-7-8-10(2,3)9(11)12;/h3*4-8H2,1-3H3,(H,11,12);. The van der Waals surface area contributed by atoms with Gasteiger partial charge in [0.05, 0.1) is 16.2 Å². The maximum Gasteiger partial charge on any atom is 0.309 e. The van der Waals surface area contributed by atoms with Crippen molar-refractivity contribution in [2.45, 2.75) is 159 Å². The van der Waals surface area contributed by atoms with Gasteiger partial charge in [-0.15, -0.1) is 0 Å². The van der Waals surface area contributed by atoms with E-state index >= 15 is 0 Å². The summed E-state index contributed by atoms with van der Waals surface area (Å²) in [6, 6.07) is 0. The summed E-state index contributed by atoms with van der Waals surface area (Å²) in [4.78, 5) is 32.1. The molecule has 0 bridgehead atoms. The minimum absolute atomic E-state index is 0. The zero-order valence-electron chi connectivity index (χ0n) is 25.8. The molecule has 0 saturated heterocycles. The monoisotopic (exact) mass is 605 g/mol. The molecule has 0 spiro atoms. The van der Waals surface area contributed by atoms with Gasteiger partial charge in [-0.2, -0.15) is 0 Å². The molecule has 219 valence electrons. The van der Waals surface area contributed by atoms with Gasteiger partial charge in [0, 0.05) is 32.7 Å². The van der Waals surface area contributed by atoms with Crippen LogP contribution in [0, 0.1) is 16.2 Å². The van der Waals surface area contributed by atoms with Gasteiger partial charge >= 0.3 is 17.9 Å². The van der Waals surface area contributed by atoms with Gasteiger partial charge in [-0.3, -0.25) is 14.4 Å². The van der Waals surface area contributed by atoms with Gasteiger partial charge in [0.15, 0.2) is 0 Å². The summed E-state index contributed by atoms with van der Waals surface area (Å²) < 4.78 is 0. The summed E-state index contributed by atoms with van der Waals surface area (Å²) in [5.41, 5.74) is -1.60. The molecule has 0 heterocycles. The van der Waals surface area contributed by atoms with Crippen molar-refractivity contribution in [1.29, 1.82) is 0 Å². The van der Waals surface area contributed by atoms with Crippen molar-refractivity contribution in [3.63, 3.8) is 0 Å². The van der Waals surface area contributed by atoms with Crippen molar-refractivity contribution >= 4 is 17.9 Å². The van der Waals surface area contributed by atoms with E-state index in [9.17, 15) is 14.4 Å². The number of carbonyl (C=O) groups is 3. The van der Waals surface area contributed by atoms with Crippen molar-refractivity contribution < 1.29 is 62.4 Å². The quantitative estimate of drug-likeness (QED) is 0.134. The van der Waals surface area contributed by atoms with Crippen LogP contribution in [0.1, 0.15) is 159 Å². The molecular weight excluding hydrogens is 545 g/mol. The van der Waals surface area contributed by atoms with E-state index in [1.165, 1.54) is 38.5 Å². The number of aliphatic carboxylic acids is 3. The first kappa shape index (κ1) is 43.6. The molecule has 1 radical (unpaired) electrons. The summed E-state index contributed by atoms with van der Waals surface area (Å²) in [5, 5.41) is 26.4. The minimum Gasteiger partial charge on any atom is -0.481 e. The molecule has 37 heavy (non-hydrogen) atoms. The van der Waals surface area contributed by atoms with Crippen LogP contribution in [0.15, 0.2) is 0 Å². The van der Waals surface area contributed by atoms with Crippen molar-refractivity contribution in [1.82, 2.24) is 0 Å². The second kappa shape index (κ2) is 24.5. The Bertz CT molecular complexity index is 504. The van der Waals surface area contributed by atoms with Crippen LogP contribution in [0.4, 0.5) is 0 Å². The Hall–Kier alpha value is -0.486. The van der Waals surface area contributed by atoms with Gasteiger partial charge in [0.25, 0.3) is 0 Å². The third-order valence-electron chi connectivity index (χ3n) is 6.70. The Labute approximate surface area is 254 Å². The van der Waals surface area contributed by atoms with Crippen LogP contribution < -0.4 is 0 Å². The van der Waals surface area contributed by atoms with E-state index in [0.717, 1.165) is 57.8 Å². The van der Waals surface area contributed by atoms with E-state index < -0.39 is 34.2 Å². The molecule has 0 unspecified atom stereocenters. The molecule has 0 aromatic carbocycles. The smallest absolute Gasteiger partial charge is 0.309 e. The molecule has 0 rings (SSSR count). The average molecular weight is 606 g/mol. The summed E-state index contributed by atoms with van der Waals surface area (Å²) in [5.74, 6) is -2.04. The Morgan fingerprint density at radius 1 is 0.432 bits per heavy atom. The van der Waals surface area contributed by atoms with Gasteiger partial charge in [-0.25, -0.2) is 0 Å². The van der Waals surface area contributed by atoms with Gasteiger partial charge in [0.2, 0.25) is 0 Å².